The fourth-order valence-electron chi connectivity index (χ4n) is 1.58. The van der Waals surface area contributed by atoms with Crippen LogP contribution in [-0.2, 0) is 12.8 Å². The van der Waals surface area contributed by atoms with Crippen LogP contribution in [0, 0.1) is 0 Å². The van der Waals surface area contributed by atoms with Crippen molar-refractivity contribution in [2.75, 3.05) is 11.5 Å². The molecule has 1 rings (SSSR count). The van der Waals surface area contributed by atoms with Gasteiger partial charge in [0, 0.05) is 9.79 Å². The Hall–Kier alpha value is -0.480. The zero-order chi connectivity index (χ0) is 10.9. The van der Waals surface area contributed by atoms with E-state index in [-0.39, 0.29) is 0 Å². The van der Waals surface area contributed by atoms with Crippen LogP contribution in [0.15, 0.2) is 9.79 Å². The molecule has 0 atom stereocenters. The third kappa shape index (κ3) is 1.68. The highest BCUT2D eigenvalue weighted by Gasteiger charge is 2.14. The van der Waals surface area contributed by atoms with E-state index >= 15 is 0 Å². The van der Waals surface area contributed by atoms with E-state index in [2.05, 4.69) is 25.3 Å². The van der Waals surface area contributed by atoms with Crippen LogP contribution in [0.25, 0.3) is 0 Å². The minimum atomic E-state index is 0.697. The fourth-order valence-corrected chi connectivity index (χ4v) is 2.48. The van der Waals surface area contributed by atoms with Crippen molar-refractivity contribution < 1.29 is 0 Å². The van der Waals surface area contributed by atoms with Crippen molar-refractivity contribution in [1.82, 2.24) is 0 Å². The molecule has 0 aliphatic carbocycles. The lowest BCUT2D eigenvalue weighted by Gasteiger charge is -2.16. The molecule has 0 bridgehead atoms. The molecule has 0 saturated heterocycles. The molecule has 0 aliphatic rings. The topological polar surface area (TPSA) is 52.0 Å². The Labute approximate surface area is 95.9 Å². The summed E-state index contributed by atoms with van der Waals surface area (Å²) in [4.78, 5) is 1.65. The molecular formula is C10H16N2S2. The van der Waals surface area contributed by atoms with Gasteiger partial charge < -0.3 is 11.5 Å². The first-order chi connectivity index (χ1) is 6.54. The Morgan fingerprint density at radius 3 is 1.50 bits per heavy atom. The molecule has 2 nitrogen and oxygen atoms in total. The van der Waals surface area contributed by atoms with Crippen molar-refractivity contribution in [2.24, 2.45) is 0 Å². The van der Waals surface area contributed by atoms with Crippen LogP contribution in [0.4, 0.5) is 11.4 Å². The van der Waals surface area contributed by atoms with Gasteiger partial charge in [0.1, 0.15) is 0 Å². The van der Waals surface area contributed by atoms with Crippen LogP contribution in [0.1, 0.15) is 25.0 Å². The van der Waals surface area contributed by atoms with E-state index in [1.54, 1.807) is 0 Å². The largest absolute Gasteiger partial charge is 0.398 e. The second-order valence-corrected chi connectivity index (χ2v) is 4.08. The maximum absolute atomic E-state index is 5.95. The van der Waals surface area contributed by atoms with Crippen LogP contribution in [0.2, 0.25) is 0 Å². The van der Waals surface area contributed by atoms with Crippen LogP contribution >= 0.6 is 25.3 Å². The summed E-state index contributed by atoms with van der Waals surface area (Å²) in [5.74, 6) is 0. The molecule has 0 aliphatic heterocycles. The third-order valence-corrected chi connectivity index (χ3v) is 3.46. The standard InChI is InChI=1S/C10H16N2S2/c1-3-5-7(11)9(13)6(4-2)10(14)8(5)12/h13-14H,3-4,11-12H2,1-2H3. The molecule has 78 valence electrons. The number of thiol groups is 2. The van der Waals surface area contributed by atoms with E-state index in [0.717, 1.165) is 33.8 Å². The van der Waals surface area contributed by atoms with Crippen LogP contribution in [-0.4, -0.2) is 0 Å². The Morgan fingerprint density at radius 1 is 0.857 bits per heavy atom. The zero-order valence-corrected chi connectivity index (χ0v) is 10.3. The molecule has 4 heteroatoms. The average Bonchev–Trinajstić information content (AvgIpc) is 2.17. The summed E-state index contributed by atoms with van der Waals surface area (Å²) < 4.78 is 0. The lowest BCUT2D eigenvalue weighted by Crippen LogP contribution is -2.05. The zero-order valence-electron chi connectivity index (χ0n) is 8.46. The maximum Gasteiger partial charge on any atom is 0.0506 e. The van der Waals surface area contributed by atoms with Gasteiger partial charge in [0.05, 0.1) is 11.4 Å². The van der Waals surface area contributed by atoms with Gasteiger partial charge in [-0.2, -0.15) is 0 Å². The van der Waals surface area contributed by atoms with Crippen LogP contribution < -0.4 is 11.5 Å². The lowest BCUT2D eigenvalue weighted by molar-refractivity contribution is 1.01. The number of nitrogens with two attached hydrogens (primary N) is 2. The SMILES string of the molecule is CCc1c(N)c(S)c(CC)c(S)c1N. The molecule has 4 N–H and O–H groups in total. The number of nitrogen functional groups attached to an aromatic ring is 2. The summed E-state index contributed by atoms with van der Waals surface area (Å²) >= 11 is 8.81. The van der Waals surface area contributed by atoms with E-state index in [1.807, 2.05) is 13.8 Å². The summed E-state index contributed by atoms with van der Waals surface area (Å²) in [6.45, 7) is 4.06. The minimum Gasteiger partial charge on any atom is -0.398 e. The third-order valence-electron chi connectivity index (χ3n) is 2.44. The molecular weight excluding hydrogens is 212 g/mol. The highest BCUT2D eigenvalue weighted by atomic mass is 32.1. The molecule has 0 unspecified atom stereocenters. The van der Waals surface area contributed by atoms with Crippen molar-refractivity contribution in [3.63, 3.8) is 0 Å². The Balaban J connectivity index is 3.55. The normalized spacial score (nSPS) is 10.6. The maximum atomic E-state index is 5.95. The van der Waals surface area contributed by atoms with Crippen molar-refractivity contribution in [1.29, 1.82) is 0 Å². The molecule has 1 aromatic carbocycles. The first-order valence-electron chi connectivity index (χ1n) is 4.65. The van der Waals surface area contributed by atoms with E-state index in [0.29, 0.717) is 11.4 Å². The highest BCUT2D eigenvalue weighted by molar-refractivity contribution is 7.81. The lowest BCUT2D eigenvalue weighted by atomic mass is 10.0. The van der Waals surface area contributed by atoms with Crippen LogP contribution in [0.5, 0.6) is 0 Å². The summed E-state index contributed by atoms with van der Waals surface area (Å²) in [5.41, 5.74) is 15.3. The Kier molecular flexibility index (Phi) is 3.61. The van der Waals surface area contributed by atoms with Crippen molar-refractivity contribution >= 4 is 36.6 Å². The molecule has 0 aromatic heterocycles. The van der Waals surface area contributed by atoms with Crippen molar-refractivity contribution in [3.05, 3.63) is 11.1 Å². The first-order valence-corrected chi connectivity index (χ1v) is 5.54. The van der Waals surface area contributed by atoms with E-state index < -0.39 is 0 Å². The minimum absolute atomic E-state index is 0.697. The molecule has 0 amide bonds. The molecule has 1 aromatic rings. The molecule has 0 fully saturated rings. The second-order valence-electron chi connectivity index (χ2n) is 3.19. The summed E-state index contributed by atoms with van der Waals surface area (Å²) in [6, 6.07) is 0. The quantitative estimate of drug-likeness (QED) is 0.464. The van der Waals surface area contributed by atoms with Gasteiger partial charge in [0.15, 0.2) is 0 Å². The predicted octanol–water partition coefficient (Wildman–Crippen LogP) is 2.55. The van der Waals surface area contributed by atoms with Gasteiger partial charge >= 0.3 is 0 Å². The van der Waals surface area contributed by atoms with Gasteiger partial charge in [-0.05, 0) is 24.0 Å². The van der Waals surface area contributed by atoms with Gasteiger partial charge in [-0.1, -0.05) is 13.8 Å². The summed E-state index contributed by atoms with van der Waals surface area (Å²) in [5, 5.41) is 0. The molecule has 0 radical (unpaired) electrons. The first kappa shape index (κ1) is 11.6. The molecule has 0 spiro atoms. The number of anilines is 2. The van der Waals surface area contributed by atoms with E-state index in [4.69, 9.17) is 11.5 Å². The summed E-state index contributed by atoms with van der Waals surface area (Å²) in [7, 11) is 0. The van der Waals surface area contributed by atoms with Crippen molar-refractivity contribution in [2.45, 2.75) is 36.5 Å². The predicted molar refractivity (Wildman–Crippen MR) is 68.5 cm³/mol. The summed E-state index contributed by atoms with van der Waals surface area (Å²) in [6.07, 6.45) is 1.65. The number of benzene rings is 1. The van der Waals surface area contributed by atoms with Gasteiger partial charge in [-0.3, -0.25) is 0 Å². The average molecular weight is 228 g/mol. The number of hydrogen-bond acceptors (Lipinski definition) is 4. The van der Waals surface area contributed by atoms with E-state index in [9.17, 15) is 0 Å². The van der Waals surface area contributed by atoms with Crippen LogP contribution in [0.3, 0.4) is 0 Å². The van der Waals surface area contributed by atoms with Gasteiger partial charge in [-0.25, -0.2) is 0 Å². The number of hydrogen-bond donors (Lipinski definition) is 4. The monoisotopic (exact) mass is 228 g/mol. The number of rotatable bonds is 2. The highest BCUT2D eigenvalue weighted by Crippen LogP contribution is 2.37. The Morgan fingerprint density at radius 2 is 1.21 bits per heavy atom. The fraction of sp³-hybridized carbons (Fsp3) is 0.400. The van der Waals surface area contributed by atoms with E-state index in [1.165, 1.54) is 0 Å². The molecule has 0 saturated carbocycles. The van der Waals surface area contributed by atoms with Crippen molar-refractivity contribution in [3.8, 4) is 0 Å². The van der Waals surface area contributed by atoms with Gasteiger partial charge in [0.25, 0.3) is 0 Å². The Bertz CT molecular complexity index is 298. The second kappa shape index (κ2) is 4.36. The smallest absolute Gasteiger partial charge is 0.0506 e. The molecule has 14 heavy (non-hydrogen) atoms. The van der Waals surface area contributed by atoms with Gasteiger partial charge in [0.2, 0.25) is 0 Å². The molecule has 0 heterocycles. The van der Waals surface area contributed by atoms with Gasteiger partial charge in [-0.15, -0.1) is 25.3 Å².